The number of benzene rings is 1. The summed E-state index contributed by atoms with van der Waals surface area (Å²) >= 11 is 0. The largest absolute Gasteiger partial charge is 0.481 e. The fraction of sp³-hybridized carbons (Fsp3) is 0.250. The Morgan fingerprint density at radius 1 is 1.33 bits per heavy atom. The van der Waals surface area contributed by atoms with Crippen molar-refractivity contribution < 1.29 is 23.1 Å². The number of carboxylic acid groups (broad SMARTS) is 1. The minimum Gasteiger partial charge on any atom is -0.481 e. The molecule has 0 aliphatic rings. The first-order chi connectivity index (χ1) is 8.32. The Bertz CT molecular complexity index is 601. The Kier molecular flexibility index (Phi) is 2.80. The van der Waals surface area contributed by atoms with Gasteiger partial charge in [-0.1, -0.05) is 18.2 Å². The van der Waals surface area contributed by atoms with Gasteiger partial charge in [-0.3, -0.25) is 4.79 Å². The number of carboxylic acids is 1. The molecule has 0 radical (unpaired) electrons. The summed E-state index contributed by atoms with van der Waals surface area (Å²) in [6.07, 6.45) is -4.82. The van der Waals surface area contributed by atoms with Gasteiger partial charge in [0.1, 0.15) is 0 Å². The van der Waals surface area contributed by atoms with E-state index in [1.807, 2.05) is 0 Å². The second-order valence-corrected chi connectivity index (χ2v) is 4.02. The number of aromatic amines is 1. The molecule has 1 atom stereocenters. The van der Waals surface area contributed by atoms with E-state index < -0.39 is 18.1 Å². The summed E-state index contributed by atoms with van der Waals surface area (Å²) in [5.41, 5.74) is 0.507. The van der Waals surface area contributed by atoms with Gasteiger partial charge in [-0.25, -0.2) is 0 Å². The number of hydrogen-bond acceptors (Lipinski definition) is 1. The molecule has 0 aliphatic heterocycles. The molecule has 0 spiro atoms. The van der Waals surface area contributed by atoms with E-state index in [1.165, 1.54) is 13.0 Å². The molecule has 2 aromatic rings. The lowest BCUT2D eigenvalue weighted by molar-refractivity contribution is -0.176. The molecule has 2 rings (SSSR count). The van der Waals surface area contributed by atoms with Crippen LogP contribution in [0.2, 0.25) is 0 Å². The smallest absolute Gasteiger partial charge is 0.406 e. The topological polar surface area (TPSA) is 53.1 Å². The lowest BCUT2D eigenvalue weighted by Crippen LogP contribution is -2.28. The zero-order chi connectivity index (χ0) is 13.5. The van der Waals surface area contributed by atoms with Crippen molar-refractivity contribution in [3.05, 3.63) is 35.5 Å². The van der Waals surface area contributed by atoms with Gasteiger partial charge in [0, 0.05) is 22.2 Å². The number of hydrogen-bond donors (Lipinski definition) is 2. The van der Waals surface area contributed by atoms with Gasteiger partial charge in [0.15, 0.2) is 5.92 Å². The van der Waals surface area contributed by atoms with E-state index in [9.17, 15) is 18.0 Å². The predicted octanol–water partition coefficient (Wildman–Crippen LogP) is 3.21. The van der Waals surface area contributed by atoms with E-state index in [0.29, 0.717) is 10.9 Å². The van der Waals surface area contributed by atoms with Crippen LogP contribution >= 0.6 is 0 Å². The van der Waals surface area contributed by atoms with Gasteiger partial charge in [0.2, 0.25) is 0 Å². The molecule has 2 N–H and O–H groups in total. The highest BCUT2D eigenvalue weighted by Crippen LogP contribution is 2.40. The van der Waals surface area contributed by atoms with Crippen molar-refractivity contribution in [3.8, 4) is 0 Å². The summed E-state index contributed by atoms with van der Waals surface area (Å²) in [5.74, 6) is -4.40. The molecule has 1 unspecified atom stereocenters. The average Bonchev–Trinajstić information content (AvgIpc) is 2.54. The Labute approximate surface area is 100 Å². The Morgan fingerprint density at radius 2 is 1.94 bits per heavy atom. The van der Waals surface area contributed by atoms with Crippen LogP contribution in [0.25, 0.3) is 10.9 Å². The maximum absolute atomic E-state index is 12.8. The van der Waals surface area contributed by atoms with Gasteiger partial charge < -0.3 is 10.1 Å². The molecule has 3 nitrogen and oxygen atoms in total. The minimum atomic E-state index is -4.82. The molecule has 1 aromatic carbocycles. The number of rotatable bonds is 2. The lowest BCUT2D eigenvalue weighted by Gasteiger charge is -2.16. The third-order valence-corrected chi connectivity index (χ3v) is 2.81. The van der Waals surface area contributed by atoms with Crippen LogP contribution in [0.4, 0.5) is 13.2 Å². The maximum Gasteiger partial charge on any atom is 0.406 e. The van der Waals surface area contributed by atoms with Gasteiger partial charge in [-0.05, 0) is 13.0 Å². The van der Waals surface area contributed by atoms with E-state index in [-0.39, 0.29) is 11.3 Å². The van der Waals surface area contributed by atoms with Crippen molar-refractivity contribution in [2.45, 2.75) is 19.0 Å². The molecule has 0 amide bonds. The quantitative estimate of drug-likeness (QED) is 0.867. The highest BCUT2D eigenvalue weighted by Gasteiger charge is 2.48. The lowest BCUT2D eigenvalue weighted by atomic mass is 9.95. The average molecular weight is 257 g/mol. The number of aromatic nitrogens is 1. The summed E-state index contributed by atoms with van der Waals surface area (Å²) in [6, 6.07) is 6.34. The molecule has 18 heavy (non-hydrogen) atoms. The number of halogens is 3. The van der Waals surface area contributed by atoms with Crippen LogP contribution in [0.1, 0.15) is 17.2 Å². The van der Waals surface area contributed by atoms with Crippen LogP contribution in [0.3, 0.4) is 0 Å². The van der Waals surface area contributed by atoms with Gasteiger partial charge in [-0.15, -0.1) is 0 Å². The van der Waals surface area contributed by atoms with E-state index >= 15 is 0 Å². The number of fused-ring (bicyclic) bond motifs is 1. The molecule has 0 aliphatic carbocycles. The predicted molar refractivity (Wildman–Crippen MR) is 59.5 cm³/mol. The second kappa shape index (κ2) is 4.04. The standard InChI is InChI=1S/C12H10F3NO2/c1-6-9(10(11(17)18)12(13,14)15)7-4-2-3-5-8(7)16-6/h2-5,10,16H,1H3,(H,17,18). The van der Waals surface area contributed by atoms with Crippen LogP contribution in [-0.4, -0.2) is 22.2 Å². The number of aliphatic carboxylic acids is 1. The zero-order valence-corrected chi connectivity index (χ0v) is 9.38. The van der Waals surface area contributed by atoms with Crippen LogP contribution < -0.4 is 0 Å². The molecule has 0 fully saturated rings. The molecular formula is C12H10F3NO2. The van der Waals surface area contributed by atoms with Crippen molar-refractivity contribution in [2.24, 2.45) is 0 Å². The SMILES string of the molecule is Cc1[nH]c2ccccc2c1C(C(=O)O)C(F)(F)F. The number of aryl methyl sites for hydroxylation is 1. The minimum absolute atomic E-state index is 0.217. The zero-order valence-electron chi connectivity index (χ0n) is 9.38. The van der Waals surface area contributed by atoms with E-state index in [4.69, 9.17) is 5.11 Å². The third-order valence-electron chi connectivity index (χ3n) is 2.81. The van der Waals surface area contributed by atoms with Gasteiger partial charge in [0.05, 0.1) is 0 Å². The first kappa shape index (κ1) is 12.5. The van der Waals surface area contributed by atoms with Gasteiger partial charge >= 0.3 is 12.1 Å². The van der Waals surface area contributed by atoms with Gasteiger partial charge in [-0.2, -0.15) is 13.2 Å². The molecule has 1 aromatic heterocycles. The van der Waals surface area contributed by atoms with Crippen molar-refractivity contribution in [2.75, 3.05) is 0 Å². The number of alkyl halides is 3. The Balaban J connectivity index is 2.72. The fourth-order valence-corrected chi connectivity index (χ4v) is 2.10. The van der Waals surface area contributed by atoms with Crippen LogP contribution in [0, 0.1) is 6.92 Å². The summed E-state index contributed by atoms with van der Waals surface area (Å²) in [7, 11) is 0. The molecule has 0 saturated heterocycles. The normalized spacial score (nSPS) is 13.8. The Morgan fingerprint density at radius 3 is 2.50 bits per heavy atom. The highest BCUT2D eigenvalue weighted by atomic mass is 19.4. The first-order valence-corrected chi connectivity index (χ1v) is 5.19. The van der Waals surface area contributed by atoms with Crippen LogP contribution in [-0.2, 0) is 4.79 Å². The Hall–Kier alpha value is -1.98. The molecular weight excluding hydrogens is 247 g/mol. The van der Waals surface area contributed by atoms with Crippen molar-refractivity contribution in [1.82, 2.24) is 4.98 Å². The monoisotopic (exact) mass is 257 g/mol. The summed E-state index contributed by atoms with van der Waals surface area (Å²) in [5, 5.41) is 9.12. The van der Waals surface area contributed by atoms with Crippen molar-refractivity contribution in [1.29, 1.82) is 0 Å². The number of para-hydroxylation sites is 1. The number of nitrogens with one attached hydrogen (secondary N) is 1. The highest BCUT2D eigenvalue weighted by molar-refractivity contribution is 5.91. The molecule has 96 valence electrons. The van der Waals surface area contributed by atoms with Gasteiger partial charge in [0.25, 0.3) is 0 Å². The van der Waals surface area contributed by atoms with E-state index in [0.717, 1.165) is 0 Å². The number of carbonyl (C=O) groups is 1. The number of H-pyrrole nitrogens is 1. The van der Waals surface area contributed by atoms with E-state index in [2.05, 4.69) is 4.98 Å². The summed E-state index contributed by atoms with van der Waals surface area (Å²) in [4.78, 5) is 13.7. The fourth-order valence-electron chi connectivity index (χ4n) is 2.10. The van der Waals surface area contributed by atoms with Crippen molar-refractivity contribution in [3.63, 3.8) is 0 Å². The van der Waals surface area contributed by atoms with Crippen LogP contribution in [0.5, 0.6) is 0 Å². The molecule has 6 heteroatoms. The summed E-state index contributed by atoms with van der Waals surface area (Å²) < 4.78 is 38.5. The first-order valence-electron chi connectivity index (χ1n) is 5.19. The van der Waals surface area contributed by atoms with Crippen molar-refractivity contribution >= 4 is 16.9 Å². The van der Waals surface area contributed by atoms with Crippen LogP contribution in [0.15, 0.2) is 24.3 Å². The summed E-state index contributed by atoms with van der Waals surface area (Å²) in [6.45, 7) is 1.44. The molecule has 0 bridgehead atoms. The molecule has 0 saturated carbocycles. The second-order valence-electron chi connectivity index (χ2n) is 4.02. The maximum atomic E-state index is 12.8. The third kappa shape index (κ3) is 1.94. The molecule has 1 heterocycles. The van der Waals surface area contributed by atoms with E-state index in [1.54, 1.807) is 18.2 Å².